The maximum atomic E-state index is 13.0. The lowest BCUT2D eigenvalue weighted by Crippen LogP contribution is -2.37. The highest BCUT2D eigenvalue weighted by Gasteiger charge is 2.25. The zero-order valence-electron chi connectivity index (χ0n) is 13.8. The molecule has 25 heavy (non-hydrogen) atoms. The van der Waals surface area contributed by atoms with Gasteiger partial charge in [-0.15, -0.1) is 0 Å². The van der Waals surface area contributed by atoms with Gasteiger partial charge in [0, 0.05) is 40.5 Å². The van der Waals surface area contributed by atoms with Crippen LogP contribution in [0.4, 0.5) is 0 Å². The Bertz CT molecular complexity index is 1100. The number of aromatic nitrogens is 1. The molecule has 1 N–H and O–H groups in total. The molecule has 0 unspecified atom stereocenters. The third-order valence-corrected chi connectivity index (χ3v) is 5.11. The summed E-state index contributed by atoms with van der Waals surface area (Å²) >= 11 is 0. The number of carbonyl (C=O) groups excluding carboxylic acids is 1. The predicted molar refractivity (Wildman–Crippen MR) is 101 cm³/mol. The molecular weight excluding hydrogens is 308 g/mol. The number of nitrogens with one attached hydrogen (secondary N) is 1. The minimum Gasteiger partial charge on any atom is -0.355 e. The van der Waals surface area contributed by atoms with Crippen molar-refractivity contribution >= 4 is 27.7 Å². The van der Waals surface area contributed by atoms with Crippen molar-refractivity contribution in [2.24, 2.45) is 0 Å². The summed E-state index contributed by atoms with van der Waals surface area (Å²) in [7, 11) is 0. The van der Waals surface area contributed by atoms with Crippen LogP contribution < -0.4 is 0 Å². The number of nitrogens with zero attached hydrogens (tertiary/aromatic N) is 1. The zero-order chi connectivity index (χ0) is 16.8. The highest BCUT2D eigenvalue weighted by Crippen LogP contribution is 2.30. The average molecular weight is 326 g/mol. The van der Waals surface area contributed by atoms with Crippen LogP contribution in [-0.4, -0.2) is 22.3 Å². The van der Waals surface area contributed by atoms with Crippen LogP contribution >= 0.6 is 0 Å². The van der Waals surface area contributed by atoms with E-state index in [-0.39, 0.29) is 5.91 Å². The van der Waals surface area contributed by atoms with E-state index in [0.717, 1.165) is 40.5 Å². The van der Waals surface area contributed by atoms with E-state index < -0.39 is 0 Å². The molecule has 4 aromatic rings. The van der Waals surface area contributed by atoms with Crippen LogP contribution in [0.2, 0.25) is 0 Å². The second-order valence-electron chi connectivity index (χ2n) is 6.69. The Balaban J connectivity index is 1.58. The summed E-state index contributed by atoms with van der Waals surface area (Å²) in [6.07, 6.45) is 0.902. The number of rotatable bonds is 2. The molecule has 0 radical (unpaired) electrons. The maximum Gasteiger partial charge on any atom is 0.254 e. The predicted octanol–water partition coefficient (Wildman–Crippen LogP) is 4.52. The highest BCUT2D eigenvalue weighted by atomic mass is 16.2. The summed E-state index contributed by atoms with van der Waals surface area (Å²) in [6.45, 7) is 1.44. The lowest BCUT2D eigenvalue weighted by Gasteiger charge is -2.28. The number of aromatic amines is 1. The Hall–Kier alpha value is -3.07. The third kappa shape index (κ3) is 2.31. The van der Waals surface area contributed by atoms with Gasteiger partial charge in [0.25, 0.3) is 5.91 Å². The van der Waals surface area contributed by atoms with E-state index in [4.69, 9.17) is 0 Å². The molecule has 0 fully saturated rings. The van der Waals surface area contributed by atoms with Crippen molar-refractivity contribution in [2.75, 3.05) is 6.54 Å². The monoisotopic (exact) mass is 326 g/mol. The molecule has 122 valence electrons. The van der Waals surface area contributed by atoms with E-state index in [1.807, 2.05) is 35.2 Å². The Morgan fingerprint density at radius 2 is 1.68 bits per heavy atom. The molecule has 0 saturated carbocycles. The van der Waals surface area contributed by atoms with E-state index in [2.05, 4.69) is 41.4 Å². The first-order valence-electron chi connectivity index (χ1n) is 8.66. The third-order valence-electron chi connectivity index (χ3n) is 5.11. The molecule has 0 saturated heterocycles. The Kier molecular flexibility index (Phi) is 3.14. The van der Waals surface area contributed by atoms with Gasteiger partial charge in [-0.3, -0.25) is 4.79 Å². The van der Waals surface area contributed by atoms with E-state index in [1.165, 1.54) is 10.9 Å². The molecular formula is C22H18N2O. The molecule has 0 atom stereocenters. The zero-order valence-corrected chi connectivity index (χ0v) is 13.8. The molecule has 0 aliphatic carbocycles. The normalized spacial score (nSPS) is 14.2. The van der Waals surface area contributed by atoms with Gasteiger partial charge in [0.2, 0.25) is 0 Å². The number of hydrogen-bond donors (Lipinski definition) is 1. The van der Waals surface area contributed by atoms with Gasteiger partial charge in [-0.25, -0.2) is 0 Å². The lowest BCUT2D eigenvalue weighted by atomic mass is 9.96. The van der Waals surface area contributed by atoms with Crippen molar-refractivity contribution < 1.29 is 4.79 Å². The molecule has 3 aromatic carbocycles. The highest BCUT2D eigenvalue weighted by molar-refractivity contribution is 6.10. The summed E-state index contributed by atoms with van der Waals surface area (Å²) in [5.74, 6) is 0.136. The Morgan fingerprint density at radius 3 is 2.56 bits per heavy atom. The topological polar surface area (TPSA) is 36.1 Å². The quantitative estimate of drug-likeness (QED) is 0.577. The first kappa shape index (κ1) is 14.3. The van der Waals surface area contributed by atoms with E-state index in [9.17, 15) is 4.79 Å². The molecule has 5 rings (SSSR count). The SMILES string of the molecule is O=C1c2cc3c(cc2CCN1Cc1ccccc1)[nH]c1ccccc13. The number of amides is 1. The fourth-order valence-electron chi connectivity index (χ4n) is 3.83. The molecule has 2 heterocycles. The van der Waals surface area contributed by atoms with Crippen LogP contribution in [0.3, 0.4) is 0 Å². The van der Waals surface area contributed by atoms with Crippen molar-refractivity contribution in [1.29, 1.82) is 0 Å². The summed E-state index contributed by atoms with van der Waals surface area (Å²) in [4.78, 5) is 18.5. The van der Waals surface area contributed by atoms with Crippen molar-refractivity contribution in [3.63, 3.8) is 0 Å². The second-order valence-corrected chi connectivity index (χ2v) is 6.69. The van der Waals surface area contributed by atoms with Gasteiger partial charge in [0.15, 0.2) is 0 Å². The summed E-state index contributed by atoms with van der Waals surface area (Å²) in [5.41, 5.74) is 5.40. The molecule has 1 aliphatic heterocycles. The fourth-order valence-corrected chi connectivity index (χ4v) is 3.83. The van der Waals surface area contributed by atoms with E-state index in [0.29, 0.717) is 6.54 Å². The van der Waals surface area contributed by atoms with Gasteiger partial charge in [0.05, 0.1) is 0 Å². The second kappa shape index (κ2) is 5.49. The van der Waals surface area contributed by atoms with Crippen molar-refractivity contribution in [3.8, 4) is 0 Å². The van der Waals surface area contributed by atoms with Gasteiger partial charge in [-0.2, -0.15) is 0 Å². The summed E-state index contributed by atoms with van der Waals surface area (Å²) in [6, 6.07) is 22.7. The standard InChI is InChI=1S/C22H18N2O/c25-22-18-13-19-17-8-4-5-9-20(17)23-21(19)12-16(18)10-11-24(22)14-15-6-2-1-3-7-15/h1-9,12-13,23H,10-11,14H2. The molecule has 1 aromatic heterocycles. The average Bonchev–Trinajstić information content (AvgIpc) is 3.01. The van der Waals surface area contributed by atoms with Crippen LogP contribution in [0.1, 0.15) is 21.5 Å². The Labute approximate surface area is 145 Å². The van der Waals surface area contributed by atoms with Gasteiger partial charge in [0.1, 0.15) is 0 Å². The molecule has 0 bridgehead atoms. The van der Waals surface area contributed by atoms with E-state index >= 15 is 0 Å². The van der Waals surface area contributed by atoms with Crippen molar-refractivity contribution in [1.82, 2.24) is 9.88 Å². The fraction of sp³-hybridized carbons (Fsp3) is 0.136. The number of hydrogen-bond acceptors (Lipinski definition) is 1. The number of carbonyl (C=O) groups is 1. The molecule has 3 nitrogen and oxygen atoms in total. The van der Waals surface area contributed by atoms with Gasteiger partial charge >= 0.3 is 0 Å². The molecule has 1 amide bonds. The summed E-state index contributed by atoms with van der Waals surface area (Å²) in [5, 5.41) is 2.30. The minimum absolute atomic E-state index is 0.136. The lowest BCUT2D eigenvalue weighted by molar-refractivity contribution is 0.0727. The largest absolute Gasteiger partial charge is 0.355 e. The van der Waals surface area contributed by atoms with Crippen LogP contribution in [-0.2, 0) is 13.0 Å². The first-order valence-corrected chi connectivity index (χ1v) is 8.66. The number of H-pyrrole nitrogens is 1. The van der Waals surface area contributed by atoms with Crippen LogP contribution in [0.25, 0.3) is 21.8 Å². The van der Waals surface area contributed by atoms with Gasteiger partial charge in [-0.05, 0) is 35.7 Å². The van der Waals surface area contributed by atoms with Gasteiger partial charge < -0.3 is 9.88 Å². The smallest absolute Gasteiger partial charge is 0.254 e. The Morgan fingerprint density at radius 1 is 0.880 bits per heavy atom. The van der Waals surface area contributed by atoms with Crippen molar-refractivity contribution in [2.45, 2.75) is 13.0 Å². The van der Waals surface area contributed by atoms with Crippen LogP contribution in [0, 0.1) is 0 Å². The number of para-hydroxylation sites is 1. The number of benzene rings is 3. The minimum atomic E-state index is 0.136. The molecule has 1 aliphatic rings. The van der Waals surface area contributed by atoms with Gasteiger partial charge in [-0.1, -0.05) is 48.5 Å². The van der Waals surface area contributed by atoms with E-state index in [1.54, 1.807) is 0 Å². The van der Waals surface area contributed by atoms with Crippen LogP contribution in [0.5, 0.6) is 0 Å². The summed E-state index contributed by atoms with van der Waals surface area (Å²) < 4.78 is 0. The molecule has 3 heteroatoms. The maximum absolute atomic E-state index is 13.0. The first-order chi connectivity index (χ1) is 12.3. The van der Waals surface area contributed by atoms with Crippen molar-refractivity contribution in [3.05, 3.63) is 83.4 Å². The number of fused-ring (bicyclic) bond motifs is 4. The van der Waals surface area contributed by atoms with Crippen LogP contribution in [0.15, 0.2) is 66.7 Å². The molecule has 0 spiro atoms.